The van der Waals surface area contributed by atoms with Crippen LogP contribution in [0.3, 0.4) is 0 Å². The minimum atomic E-state index is -4.90. The molecule has 232 valence electrons. The van der Waals surface area contributed by atoms with Crippen LogP contribution in [-0.4, -0.2) is 51.7 Å². The Hall–Kier alpha value is -4.29. The molecule has 12 heteroatoms. The van der Waals surface area contributed by atoms with Crippen molar-refractivity contribution in [1.82, 2.24) is 9.88 Å². The summed E-state index contributed by atoms with van der Waals surface area (Å²) < 4.78 is 84.8. The summed E-state index contributed by atoms with van der Waals surface area (Å²) in [5, 5.41) is 3.21. The Bertz CT molecular complexity index is 1720. The van der Waals surface area contributed by atoms with Gasteiger partial charge in [0.1, 0.15) is 29.0 Å². The Labute approximate surface area is 255 Å². The first-order valence-electron chi connectivity index (χ1n) is 14.0. The molecule has 4 aromatic rings. The zero-order valence-corrected chi connectivity index (χ0v) is 25.4. The molecule has 0 radical (unpaired) electrons. The summed E-state index contributed by atoms with van der Waals surface area (Å²) >= 11 is 0. The van der Waals surface area contributed by atoms with Crippen LogP contribution >= 0.6 is 0 Å². The molecule has 0 aliphatic carbocycles. The summed E-state index contributed by atoms with van der Waals surface area (Å²) in [4.78, 5) is 5.02. The molecule has 5 rings (SSSR count). The summed E-state index contributed by atoms with van der Waals surface area (Å²) in [6.45, 7) is 3.21. The third-order valence-corrected chi connectivity index (χ3v) is 9.41. The van der Waals surface area contributed by atoms with Crippen molar-refractivity contribution in [2.24, 2.45) is 0 Å². The molecule has 0 spiro atoms. The smallest absolute Gasteiger partial charge is 0.271 e. The SMILES string of the molecule is COc1ccc(CN(c2ccc(F)cn2)S(=O)(=O)c2c(F)cc(NC3CCN(Cc4ccccc4)C3)c(C)c2F)c(OC)c1. The van der Waals surface area contributed by atoms with Crippen LogP contribution in [0.2, 0.25) is 0 Å². The van der Waals surface area contributed by atoms with Gasteiger partial charge in [-0.05, 0) is 49.2 Å². The van der Waals surface area contributed by atoms with Gasteiger partial charge in [0.25, 0.3) is 10.0 Å². The lowest BCUT2D eigenvalue weighted by atomic mass is 10.1. The lowest BCUT2D eigenvalue weighted by Gasteiger charge is -2.26. The molecular weight excluding hydrogens is 593 g/mol. The minimum absolute atomic E-state index is 0.0412. The predicted octanol–water partition coefficient (Wildman–Crippen LogP) is 5.91. The van der Waals surface area contributed by atoms with E-state index >= 15 is 8.78 Å². The number of nitrogens with zero attached hydrogens (tertiary/aromatic N) is 3. The van der Waals surface area contributed by atoms with Crippen molar-refractivity contribution in [2.45, 2.75) is 37.4 Å². The number of methoxy groups -OCH3 is 2. The number of anilines is 2. The molecule has 1 aromatic heterocycles. The van der Waals surface area contributed by atoms with E-state index in [9.17, 15) is 12.8 Å². The topological polar surface area (TPSA) is 84.0 Å². The second kappa shape index (κ2) is 13.1. The minimum Gasteiger partial charge on any atom is -0.497 e. The molecule has 2 heterocycles. The molecule has 1 atom stereocenters. The Balaban J connectivity index is 1.45. The Morgan fingerprint density at radius 3 is 2.48 bits per heavy atom. The molecule has 1 N–H and O–H groups in total. The highest BCUT2D eigenvalue weighted by Gasteiger charge is 2.35. The van der Waals surface area contributed by atoms with Crippen molar-refractivity contribution in [3.8, 4) is 11.5 Å². The molecular formula is C32H33F3N4O4S. The van der Waals surface area contributed by atoms with E-state index in [0.717, 1.165) is 48.2 Å². The average Bonchev–Trinajstić information content (AvgIpc) is 3.45. The number of hydrogen-bond donors (Lipinski definition) is 1. The molecule has 8 nitrogen and oxygen atoms in total. The molecule has 0 amide bonds. The van der Waals surface area contributed by atoms with E-state index in [2.05, 4.69) is 15.2 Å². The number of aromatic nitrogens is 1. The zero-order valence-electron chi connectivity index (χ0n) is 24.6. The van der Waals surface area contributed by atoms with Gasteiger partial charge in [-0.25, -0.2) is 30.9 Å². The first-order valence-corrected chi connectivity index (χ1v) is 15.4. The monoisotopic (exact) mass is 626 g/mol. The zero-order chi connectivity index (χ0) is 31.4. The quantitative estimate of drug-likeness (QED) is 0.222. The number of hydrogen-bond acceptors (Lipinski definition) is 7. The summed E-state index contributed by atoms with van der Waals surface area (Å²) in [5.41, 5.74) is 1.66. The number of halogens is 3. The average molecular weight is 627 g/mol. The number of ether oxygens (including phenoxy) is 2. The highest BCUT2D eigenvalue weighted by molar-refractivity contribution is 7.92. The number of rotatable bonds is 11. The highest BCUT2D eigenvalue weighted by atomic mass is 32.2. The van der Waals surface area contributed by atoms with Crippen LogP contribution < -0.4 is 19.1 Å². The van der Waals surface area contributed by atoms with Gasteiger partial charge in [0.15, 0.2) is 10.7 Å². The van der Waals surface area contributed by atoms with Gasteiger partial charge in [-0.15, -0.1) is 0 Å². The van der Waals surface area contributed by atoms with E-state index in [4.69, 9.17) is 9.47 Å². The Morgan fingerprint density at radius 2 is 1.80 bits per heavy atom. The normalized spacial score (nSPS) is 15.3. The second-order valence-electron chi connectivity index (χ2n) is 10.5. The van der Waals surface area contributed by atoms with E-state index in [1.807, 2.05) is 30.3 Å². The fourth-order valence-corrected chi connectivity index (χ4v) is 6.86. The number of pyridine rings is 1. The fourth-order valence-electron chi connectivity index (χ4n) is 5.29. The first kappa shape index (κ1) is 31.1. The van der Waals surface area contributed by atoms with Crippen LogP contribution in [-0.2, 0) is 23.1 Å². The van der Waals surface area contributed by atoms with Gasteiger partial charge in [-0.3, -0.25) is 4.90 Å². The Kier molecular flexibility index (Phi) is 9.31. The van der Waals surface area contributed by atoms with E-state index in [1.165, 1.54) is 26.7 Å². The van der Waals surface area contributed by atoms with Crippen molar-refractivity contribution in [1.29, 1.82) is 0 Å². The van der Waals surface area contributed by atoms with Gasteiger partial charge in [0.05, 0.1) is 27.0 Å². The van der Waals surface area contributed by atoms with E-state index in [-0.39, 0.29) is 28.9 Å². The predicted molar refractivity (Wildman–Crippen MR) is 162 cm³/mol. The summed E-state index contributed by atoms with van der Waals surface area (Å²) in [7, 11) is -2.04. The van der Waals surface area contributed by atoms with E-state index in [0.29, 0.717) is 17.9 Å². The number of sulfonamides is 1. The van der Waals surface area contributed by atoms with E-state index in [1.54, 1.807) is 18.2 Å². The molecule has 1 saturated heterocycles. The van der Waals surface area contributed by atoms with Gasteiger partial charge >= 0.3 is 0 Å². The van der Waals surface area contributed by atoms with Crippen molar-refractivity contribution in [2.75, 3.05) is 36.9 Å². The lowest BCUT2D eigenvalue weighted by Crippen LogP contribution is -2.33. The van der Waals surface area contributed by atoms with E-state index < -0.39 is 38.9 Å². The van der Waals surface area contributed by atoms with Crippen molar-refractivity contribution >= 4 is 21.5 Å². The molecule has 1 aliphatic heterocycles. The highest BCUT2D eigenvalue weighted by Crippen LogP contribution is 2.35. The van der Waals surface area contributed by atoms with Gasteiger partial charge in [0, 0.05) is 48.6 Å². The summed E-state index contributed by atoms with van der Waals surface area (Å²) in [6.07, 6.45) is 1.58. The maximum atomic E-state index is 16.0. The number of likely N-dealkylation sites (tertiary alicyclic amines) is 1. The van der Waals surface area contributed by atoms with Crippen molar-refractivity contribution < 1.29 is 31.1 Å². The third kappa shape index (κ3) is 6.61. The summed E-state index contributed by atoms with van der Waals surface area (Å²) in [6, 6.07) is 17.8. The number of nitrogens with one attached hydrogen (secondary N) is 1. The van der Waals surface area contributed by atoms with Gasteiger partial charge in [-0.2, -0.15) is 0 Å². The molecule has 3 aromatic carbocycles. The van der Waals surface area contributed by atoms with Crippen LogP contribution in [0.5, 0.6) is 11.5 Å². The molecule has 0 bridgehead atoms. The van der Waals surface area contributed by atoms with Gasteiger partial charge in [-0.1, -0.05) is 30.3 Å². The van der Waals surface area contributed by atoms with Gasteiger partial charge in [0.2, 0.25) is 0 Å². The third-order valence-electron chi connectivity index (χ3n) is 7.63. The fraction of sp³-hybridized carbons (Fsp3) is 0.281. The number of benzene rings is 3. The van der Waals surface area contributed by atoms with Crippen molar-refractivity contribution in [3.05, 3.63) is 107 Å². The van der Waals surface area contributed by atoms with Crippen LogP contribution in [0.1, 0.15) is 23.1 Å². The molecule has 1 fully saturated rings. The van der Waals surface area contributed by atoms with Crippen LogP contribution in [0, 0.1) is 24.4 Å². The van der Waals surface area contributed by atoms with Gasteiger partial charge < -0.3 is 14.8 Å². The molecule has 1 aliphatic rings. The molecule has 1 unspecified atom stereocenters. The maximum Gasteiger partial charge on any atom is 0.271 e. The second-order valence-corrected chi connectivity index (χ2v) is 12.3. The lowest BCUT2D eigenvalue weighted by molar-refractivity contribution is 0.328. The van der Waals surface area contributed by atoms with Crippen LogP contribution in [0.25, 0.3) is 0 Å². The maximum absolute atomic E-state index is 16.0. The largest absolute Gasteiger partial charge is 0.497 e. The summed E-state index contributed by atoms with van der Waals surface area (Å²) in [5.74, 6) is -2.68. The molecule has 0 saturated carbocycles. The standard InChI is InChI=1S/C32H33F3N4O4S/c1-21-28(37-25-13-14-38(20-25)18-22-7-5-4-6-8-22)16-27(34)32(31(21)35)44(40,41)39(30-12-10-24(33)17-36-30)19-23-9-11-26(42-2)15-29(23)43-3/h4-12,15-17,25,37H,13-14,18-20H2,1-3H3. The Morgan fingerprint density at radius 1 is 1.02 bits per heavy atom. The first-order chi connectivity index (χ1) is 21.1. The van der Waals surface area contributed by atoms with Crippen LogP contribution in [0.15, 0.2) is 77.8 Å². The van der Waals surface area contributed by atoms with Crippen molar-refractivity contribution in [3.63, 3.8) is 0 Å². The molecule has 44 heavy (non-hydrogen) atoms. The van der Waals surface area contributed by atoms with Crippen LogP contribution in [0.4, 0.5) is 24.7 Å².